The van der Waals surface area contributed by atoms with E-state index in [0.29, 0.717) is 62.8 Å². The van der Waals surface area contributed by atoms with Crippen LogP contribution in [-0.2, 0) is 0 Å². The van der Waals surface area contributed by atoms with Crippen molar-refractivity contribution in [2.24, 2.45) is 0 Å². The van der Waals surface area contributed by atoms with Crippen LogP contribution in [0.15, 0.2) is 66.7 Å². The van der Waals surface area contributed by atoms with Gasteiger partial charge in [0.15, 0.2) is 29.2 Å². The number of carbonyl (C=O) groups excluding carboxylic acids is 1. The lowest BCUT2D eigenvalue weighted by Crippen LogP contribution is -2.12. The number of benzene rings is 4. The quantitative estimate of drug-likeness (QED) is 0.130. The van der Waals surface area contributed by atoms with Crippen molar-refractivity contribution in [1.29, 1.82) is 0 Å². The summed E-state index contributed by atoms with van der Waals surface area (Å²) in [4.78, 5) is 21.0. The normalized spacial score (nSPS) is 11.4. The number of fused-ring (bicyclic) bond motifs is 1. The second kappa shape index (κ2) is 13.3. The predicted molar refractivity (Wildman–Crippen MR) is 170 cm³/mol. The van der Waals surface area contributed by atoms with Gasteiger partial charge in [0.1, 0.15) is 5.82 Å². The Morgan fingerprint density at radius 1 is 0.711 bits per heavy atom. The fourth-order valence-corrected chi connectivity index (χ4v) is 4.86. The third-order valence-electron chi connectivity index (χ3n) is 7.13. The van der Waals surface area contributed by atoms with Crippen LogP contribution in [0.5, 0.6) is 34.5 Å². The maximum atomic E-state index is 13.0. The number of amides is 1. The fourth-order valence-electron chi connectivity index (χ4n) is 4.86. The molecule has 5 rings (SSSR count). The number of ether oxygens (including phenoxy) is 6. The first-order valence-corrected chi connectivity index (χ1v) is 13.8. The van der Waals surface area contributed by atoms with Crippen LogP contribution in [0.2, 0.25) is 0 Å². The number of nitrogens with zero attached hydrogens (tertiary/aromatic N) is 1. The molecule has 0 radical (unpaired) electrons. The first-order valence-electron chi connectivity index (χ1n) is 13.8. The molecule has 0 fully saturated rings. The summed E-state index contributed by atoms with van der Waals surface area (Å²) in [5.41, 5.74) is 4.50. The van der Waals surface area contributed by atoms with Crippen molar-refractivity contribution in [3.8, 4) is 45.9 Å². The first-order chi connectivity index (χ1) is 21.8. The first kappa shape index (κ1) is 30.8. The summed E-state index contributed by atoms with van der Waals surface area (Å²) < 4.78 is 32.2. The van der Waals surface area contributed by atoms with Gasteiger partial charge in [-0.2, -0.15) is 0 Å². The Morgan fingerprint density at radius 3 is 1.78 bits per heavy atom. The van der Waals surface area contributed by atoms with E-state index in [0.717, 1.165) is 16.6 Å². The maximum absolute atomic E-state index is 13.0. The van der Waals surface area contributed by atoms with Gasteiger partial charge in [-0.15, -0.1) is 0 Å². The molecule has 1 heterocycles. The van der Waals surface area contributed by atoms with E-state index in [1.807, 2.05) is 30.3 Å². The highest BCUT2D eigenvalue weighted by Gasteiger charge is 2.19. The van der Waals surface area contributed by atoms with Crippen LogP contribution in [-0.4, -0.2) is 63.6 Å². The molecule has 0 saturated carbocycles. The van der Waals surface area contributed by atoms with Crippen molar-refractivity contribution < 1.29 is 38.3 Å². The third kappa shape index (κ3) is 6.36. The van der Waals surface area contributed by atoms with E-state index in [-0.39, 0.29) is 5.91 Å². The number of carbonyl (C=O) groups is 1. The van der Waals surface area contributed by atoms with Gasteiger partial charge in [0.25, 0.3) is 5.91 Å². The summed E-state index contributed by atoms with van der Waals surface area (Å²) in [7, 11) is 9.05. The zero-order valence-electron chi connectivity index (χ0n) is 25.7. The van der Waals surface area contributed by atoms with Crippen LogP contribution in [0.4, 0.5) is 11.4 Å². The Hall–Kier alpha value is -5.62. The molecule has 5 aromatic rings. The highest BCUT2D eigenvalue weighted by molar-refractivity contribution is 6.05. The van der Waals surface area contributed by atoms with Gasteiger partial charge >= 0.3 is 0 Å². The minimum atomic E-state index is -1.05. The van der Waals surface area contributed by atoms with E-state index in [1.165, 1.54) is 42.7 Å². The molecule has 45 heavy (non-hydrogen) atoms. The van der Waals surface area contributed by atoms with E-state index in [4.69, 9.17) is 33.4 Å². The highest BCUT2D eigenvalue weighted by Crippen LogP contribution is 2.40. The van der Waals surface area contributed by atoms with Gasteiger partial charge in [-0.25, -0.2) is 4.98 Å². The SMILES string of the molecule is COc1cc(C(=O)Nc2ccc(-c3nc4ccc(NC(O)c5cc(OC)c(OC)c(OC)c5)cc4[nH]3)cc2)cc(OC)c1OC. The molecule has 0 spiro atoms. The Morgan fingerprint density at radius 2 is 1.24 bits per heavy atom. The average Bonchev–Trinajstić information content (AvgIpc) is 3.50. The molecule has 1 amide bonds. The Balaban J connectivity index is 1.30. The van der Waals surface area contributed by atoms with E-state index in [9.17, 15) is 9.90 Å². The number of aromatic nitrogens is 2. The molecule has 0 aliphatic carbocycles. The van der Waals surface area contributed by atoms with E-state index in [2.05, 4.69) is 15.6 Å². The molecule has 0 aliphatic heterocycles. The number of anilines is 2. The maximum Gasteiger partial charge on any atom is 0.255 e. The number of aromatic amines is 1. The van der Waals surface area contributed by atoms with Crippen LogP contribution in [0.3, 0.4) is 0 Å². The van der Waals surface area contributed by atoms with Gasteiger partial charge in [0.05, 0.1) is 53.7 Å². The van der Waals surface area contributed by atoms with Crippen molar-refractivity contribution >= 4 is 28.3 Å². The Bertz CT molecular complexity index is 1770. The predicted octanol–water partition coefficient (Wildman–Crippen LogP) is 5.64. The van der Waals surface area contributed by atoms with Crippen LogP contribution < -0.4 is 39.1 Å². The fraction of sp³-hybridized carbons (Fsp3) is 0.212. The molecule has 12 heteroatoms. The molecule has 0 saturated heterocycles. The molecule has 0 aliphatic rings. The summed E-state index contributed by atoms with van der Waals surface area (Å²) in [6.07, 6.45) is -1.05. The number of hydrogen-bond acceptors (Lipinski definition) is 10. The number of aliphatic hydroxyl groups is 1. The third-order valence-corrected chi connectivity index (χ3v) is 7.13. The molecule has 1 unspecified atom stereocenters. The van der Waals surface area contributed by atoms with Crippen LogP contribution in [0.25, 0.3) is 22.4 Å². The van der Waals surface area contributed by atoms with Crippen molar-refractivity contribution in [2.75, 3.05) is 53.3 Å². The molecular formula is C33H34N4O8. The minimum Gasteiger partial charge on any atom is -0.493 e. The van der Waals surface area contributed by atoms with Gasteiger partial charge in [0, 0.05) is 28.1 Å². The summed E-state index contributed by atoms with van der Waals surface area (Å²) >= 11 is 0. The van der Waals surface area contributed by atoms with Crippen LogP contribution in [0.1, 0.15) is 22.1 Å². The summed E-state index contributed by atoms with van der Waals surface area (Å²) in [5.74, 6) is 2.81. The highest BCUT2D eigenvalue weighted by atomic mass is 16.5. The summed E-state index contributed by atoms with van der Waals surface area (Å²) in [6, 6.07) is 19.4. The Labute approximate surface area is 259 Å². The van der Waals surface area contributed by atoms with Crippen molar-refractivity contribution in [3.63, 3.8) is 0 Å². The lowest BCUT2D eigenvalue weighted by atomic mass is 10.1. The molecule has 234 valence electrons. The van der Waals surface area contributed by atoms with Gasteiger partial charge in [-0.1, -0.05) is 0 Å². The molecule has 4 N–H and O–H groups in total. The average molecular weight is 615 g/mol. The second-order valence-electron chi connectivity index (χ2n) is 9.77. The minimum absolute atomic E-state index is 0.334. The number of methoxy groups -OCH3 is 6. The lowest BCUT2D eigenvalue weighted by molar-refractivity contribution is 0.102. The van der Waals surface area contributed by atoms with Gasteiger partial charge < -0.3 is 49.1 Å². The standard InChI is InChI=1S/C33H34N4O8/c1-40-25-13-19(14-26(41-2)29(25)44-5)32(38)34-21-9-7-18(8-10-21)31-36-23-12-11-22(17-24(23)37-31)35-33(39)20-15-27(42-3)30(45-6)28(16-20)43-4/h7-17,33,35,39H,1-6H3,(H,34,38)(H,36,37). The number of hydrogen-bond donors (Lipinski definition) is 4. The van der Waals surface area contributed by atoms with Crippen LogP contribution >= 0.6 is 0 Å². The van der Waals surface area contributed by atoms with Crippen LogP contribution in [0, 0.1) is 0 Å². The summed E-state index contributed by atoms with van der Waals surface area (Å²) in [6.45, 7) is 0. The number of H-pyrrole nitrogens is 1. The Kier molecular flexibility index (Phi) is 9.14. The van der Waals surface area contributed by atoms with Gasteiger partial charge in [-0.05, 0) is 66.7 Å². The van der Waals surface area contributed by atoms with Crippen molar-refractivity contribution in [3.05, 3.63) is 77.9 Å². The van der Waals surface area contributed by atoms with Crippen molar-refractivity contribution in [1.82, 2.24) is 9.97 Å². The molecule has 1 aromatic heterocycles. The lowest BCUT2D eigenvalue weighted by Gasteiger charge is -2.18. The summed E-state index contributed by atoms with van der Waals surface area (Å²) in [5, 5.41) is 16.9. The molecule has 1 atom stereocenters. The van der Waals surface area contributed by atoms with Crippen molar-refractivity contribution in [2.45, 2.75) is 6.23 Å². The molecule has 12 nitrogen and oxygen atoms in total. The smallest absolute Gasteiger partial charge is 0.255 e. The number of imidazole rings is 1. The largest absolute Gasteiger partial charge is 0.493 e. The topological polar surface area (TPSA) is 145 Å². The zero-order valence-corrected chi connectivity index (χ0v) is 25.7. The number of aliphatic hydroxyl groups excluding tert-OH is 1. The molecular weight excluding hydrogens is 580 g/mol. The van der Waals surface area contributed by atoms with E-state index < -0.39 is 6.23 Å². The number of rotatable bonds is 12. The van der Waals surface area contributed by atoms with E-state index >= 15 is 0 Å². The number of nitrogens with one attached hydrogen (secondary N) is 3. The van der Waals surface area contributed by atoms with E-state index in [1.54, 1.807) is 36.4 Å². The molecule has 0 bridgehead atoms. The monoisotopic (exact) mass is 614 g/mol. The van der Waals surface area contributed by atoms with Gasteiger partial charge in [-0.3, -0.25) is 4.79 Å². The molecule has 4 aromatic carbocycles. The second-order valence-corrected chi connectivity index (χ2v) is 9.77. The zero-order chi connectivity index (χ0) is 32.1. The van der Waals surface area contributed by atoms with Gasteiger partial charge in [0.2, 0.25) is 11.5 Å².